The van der Waals surface area contributed by atoms with E-state index in [1.165, 1.54) is 25.3 Å². The molecule has 0 saturated heterocycles. The zero-order valence-electron chi connectivity index (χ0n) is 15.7. The molecule has 0 unspecified atom stereocenters. The predicted molar refractivity (Wildman–Crippen MR) is 98.1 cm³/mol. The Bertz CT molecular complexity index is 702. The maximum Gasteiger partial charge on any atom is 0.328 e. The van der Waals surface area contributed by atoms with Gasteiger partial charge in [-0.15, -0.1) is 0 Å². The second-order valence-corrected chi connectivity index (χ2v) is 6.84. The fourth-order valence-electron chi connectivity index (χ4n) is 2.15. The number of nitrogens with zero attached hydrogens (tertiary/aromatic N) is 1. The van der Waals surface area contributed by atoms with Gasteiger partial charge in [-0.1, -0.05) is 37.0 Å². The van der Waals surface area contributed by atoms with Crippen molar-refractivity contribution in [1.29, 1.82) is 0 Å². The molecular formula is C17H22Cl2N2O5. The number of carboxylic acid groups (broad SMARTS) is 1. The number of rotatable bonds is 8. The largest absolute Gasteiger partial charge is 0.480 e. The highest BCUT2D eigenvalue weighted by Gasteiger charge is 2.33. The first-order chi connectivity index (χ1) is 12.6. The zero-order valence-corrected chi connectivity index (χ0v) is 16.3. The molecular weight excluding hydrogens is 383 g/mol. The third-order valence-corrected chi connectivity index (χ3v) is 3.95. The van der Waals surface area contributed by atoms with Crippen molar-refractivity contribution in [2.75, 3.05) is 13.7 Å². The van der Waals surface area contributed by atoms with Gasteiger partial charge in [-0.25, -0.2) is 9.80 Å². The van der Waals surface area contributed by atoms with Gasteiger partial charge in [-0.3, -0.25) is 15.0 Å². The van der Waals surface area contributed by atoms with Crippen LogP contribution in [0.25, 0.3) is 0 Å². The van der Waals surface area contributed by atoms with Gasteiger partial charge < -0.3 is 9.84 Å². The molecule has 0 bridgehead atoms. The normalized spacial score (nSPS) is 12.5. The number of methoxy groups -OCH3 is 1. The molecule has 7 nitrogen and oxygen atoms in total. The third-order valence-electron chi connectivity index (χ3n) is 3.38. The number of hydrazine groups is 1. The number of ether oxygens (including phenoxy) is 1. The van der Waals surface area contributed by atoms with E-state index in [9.17, 15) is 19.5 Å². The molecule has 0 aliphatic carbocycles. The van der Waals surface area contributed by atoms with Crippen LogP contribution in [0.4, 0.5) is 0 Å². The van der Waals surface area contributed by atoms with E-state index in [-0.39, 0.29) is 46.4 Å². The lowest BCUT2D eigenvalue weighted by atomic mass is 10.0. The second-order valence-electron chi connectivity index (χ2n) is 5.99. The van der Waals surface area contributed by atoms with E-state index >= 15 is 0 Å². The van der Waals surface area contributed by atoms with Gasteiger partial charge >= 0.3 is 5.97 Å². The molecule has 144 valence electrons. The molecule has 0 fully saturated rings. The SMILES string of the molecule is [2H]N(C(=O)CCOC)N(C(=O)c1cc(Cl)ccc1Cl)[C@@H](CC(C)C)C(=O)O. The number of hydrogen-bond donors (Lipinski definition) is 2. The molecule has 1 atom stereocenters. The molecule has 9 heteroatoms. The lowest BCUT2D eigenvalue weighted by molar-refractivity contribution is -0.145. The molecule has 2 N–H and O–H groups in total. The first-order valence-corrected chi connectivity index (χ1v) is 8.67. The summed E-state index contributed by atoms with van der Waals surface area (Å²) in [5, 5.41) is 10.5. The summed E-state index contributed by atoms with van der Waals surface area (Å²) in [7, 11) is 1.38. The number of aliphatic carboxylic acids is 1. The fourth-order valence-corrected chi connectivity index (χ4v) is 2.52. The summed E-state index contributed by atoms with van der Waals surface area (Å²) in [5.41, 5.74) is 0.163. The van der Waals surface area contributed by atoms with Crippen LogP contribution < -0.4 is 5.42 Å². The van der Waals surface area contributed by atoms with Crippen LogP contribution in [-0.4, -0.2) is 47.7 Å². The van der Waals surface area contributed by atoms with Crippen LogP contribution >= 0.6 is 23.2 Å². The smallest absolute Gasteiger partial charge is 0.328 e. The Morgan fingerprint density at radius 1 is 1.35 bits per heavy atom. The van der Waals surface area contributed by atoms with E-state index in [0.717, 1.165) is 0 Å². The van der Waals surface area contributed by atoms with E-state index in [1.54, 1.807) is 13.8 Å². The molecule has 1 rings (SSSR count). The Balaban J connectivity index is 3.38. The maximum atomic E-state index is 13.0. The average molecular weight is 406 g/mol. The third kappa shape index (κ3) is 6.48. The van der Waals surface area contributed by atoms with Crippen molar-refractivity contribution in [2.45, 2.75) is 32.7 Å². The molecule has 0 aromatic heterocycles. The lowest BCUT2D eigenvalue weighted by Crippen LogP contribution is -2.55. The maximum absolute atomic E-state index is 13.0. The van der Waals surface area contributed by atoms with E-state index in [0.29, 0.717) is 5.01 Å². The molecule has 0 radical (unpaired) electrons. The molecule has 0 heterocycles. The number of hydrogen-bond acceptors (Lipinski definition) is 4. The quantitative estimate of drug-likeness (QED) is 0.647. The number of amides is 2. The first kappa shape index (κ1) is 20.5. The molecule has 2 amide bonds. The van der Waals surface area contributed by atoms with Gasteiger partial charge in [-0.05, 0) is 30.5 Å². The van der Waals surface area contributed by atoms with Crippen molar-refractivity contribution in [2.24, 2.45) is 5.92 Å². The number of carboxylic acids is 1. The number of nitrogens with one attached hydrogen (secondary N) is 1. The molecule has 1 aromatic carbocycles. The van der Waals surface area contributed by atoms with Crippen LogP contribution in [0.15, 0.2) is 18.2 Å². The zero-order chi connectivity index (χ0) is 20.7. The number of halogens is 2. The van der Waals surface area contributed by atoms with Crippen LogP contribution in [0.5, 0.6) is 0 Å². The summed E-state index contributed by atoms with van der Waals surface area (Å²) in [5.74, 6) is -3.15. The van der Waals surface area contributed by atoms with Gasteiger partial charge in [0.05, 0.1) is 23.6 Å². The van der Waals surface area contributed by atoms with Crippen molar-refractivity contribution in [3.05, 3.63) is 33.8 Å². The summed E-state index contributed by atoms with van der Waals surface area (Å²) >= 11 is 12.0. The van der Waals surface area contributed by atoms with Crippen LogP contribution in [0.1, 0.15) is 37.0 Å². The number of benzene rings is 1. The van der Waals surface area contributed by atoms with E-state index in [1.807, 2.05) is 0 Å². The Morgan fingerprint density at radius 3 is 2.54 bits per heavy atom. The summed E-state index contributed by atoms with van der Waals surface area (Å²) in [6.45, 7) is 3.56. The predicted octanol–water partition coefficient (Wildman–Crippen LogP) is 3.00. The highest BCUT2D eigenvalue weighted by Crippen LogP contribution is 2.23. The van der Waals surface area contributed by atoms with Gasteiger partial charge in [0, 0.05) is 12.1 Å². The van der Waals surface area contributed by atoms with Crippen molar-refractivity contribution in [3.8, 4) is 0 Å². The van der Waals surface area contributed by atoms with Crippen molar-refractivity contribution in [3.63, 3.8) is 0 Å². The molecule has 26 heavy (non-hydrogen) atoms. The number of carbonyl (C=O) groups excluding carboxylic acids is 2. The summed E-state index contributed by atoms with van der Waals surface area (Å²) in [6, 6.07) is 2.68. The standard InChI is InChI=1S/C17H22Cl2N2O5/c1-10(2)8-14(17(24)25)21(20-15(22)6-7-26-3)16(23)12-9-11(18)4-5-13(12)19/h4-5,9-10,14H,6-8H2,1-3H3,(H,20,22)(H,24,25)/t14-/m0/s1/i/hD. The van der Waals surface area contributed by atoms with Crippen LogP contribution in [0.3, 0.4) is 0 Å². The first-order valence-electron chi connectivity index (χ1n) is 8.36. The summed E-state index contributed by atoms with van der Waals surface area (Å²) < 4.78 is 12.9. The van der Waals surface area contributed by atoms with Crippen LogP contribution in [0, 0.1) is 5.92 Å². The highest BCUT2D eigenvalue weighted by molar-refractivity contribution is 6.35. The second kappa shape index (κ2) is 10.4. The van der Waals surface area contributed by atoms with Gasteiger partial charge in [0.2, 0.25) is 5.91 Å². The minimum absolute atomic E-state index is 0.0239. The Labute approximate surface area is 163 Å². The minimum Gasteiger partial charge on any atom is -0.480 e. The Hall–Kier alpha value is -1.83. The van der Waals surface area contributed by atoms with Crippen LogP contribution in [-0.2, 0) is 14.3 Å². The highest BCUT2D eigenvalue weighted by atomic mass is 35.5. The van der Waals surface area contributed by atoms with Gasteiger partial charge in [0.15, 0.2) is 7.45 Å². The summed E-state index contributed by atoms with van der Waals surface area (Å²) in [6.07, 6.45) is -0.159. The monoisotopic (exact) mass is 405 g/mol. The minimum atomic E-state index is -1.43. The van der Waals surface area contributed by atoms with Gasteiger partial charge in [0.25, 0.3) is 5.91 Å². The Kier molecular flexibility index (Phi) is 8.15. The van der Waals surface area contributed by atoms with Gasteiger partial charge in [-0.2, -0.15) is 0 Å². The van der Waals surface area contributed by atoms with Crippen molar-refractivity contribution in [1.82, 2.24) is 10.4 Å². The van der Waals surface area contributed by atoms with Crippen molar-refractivity contribution < 1.29 is 25.6 Å². The Morgan fingerprint density at radius 2 is 2.00 bits per heavy atom. The molecule has 1 aromatic rings. The van der Waals surface area contributed by atoms with E-state index in [2.05, 4.69) is 0 Å². The molecule has 0 aliphatic rings. The molecule has 0 aliphatic heterocycles. The van der Waals surface area contributed by atoms with E-state index < -0.39 is 23.8 Å². The fraction of sp³-hybridized carbons (Fsp3) is 0.471. The average Bonchev–Trinajstić information content (AvgIpc) is 2.60. The summed E-state index contributed by atoms with van der Waals surface area (Å²) in [4.78, 5) is 37.1. The van der Waals surface area contributed by atoms with Crippen molar-refractivity contribution >= 4 is 41.0 Å². The lowest BCUT2D eigenvalue weighted by Gasteiger charge is -2.30. The van der Waals surface area contributed by atoms with Gasteiger partial charge in [0.1, 0.15) is 0 Å². The molecule has 0 saturated carbocycles. The molecule has 0 spiro atoms. The topological polar surface area (TPSA) is 95.9 Å². The van der Waals surface area contributed by atoms with Crippen LogP contribution in [0.2, 0.25) is 11.5 Å². The number of carbonyl (C=O) groups is 3. The van der Waals surface area contributed by atoms with E-state index in [4.69, 9.17) is 29.4 Å².